The summed E-state index contributed by atoms with van der Waals surface area (Å²) in [4.78, 5) is 2.74. The Morgan fingerprint density at radius 1 is 1.14 bits per heavy atom. The smallest absolute Gasteiger partial charge is 0.0125 e. The lowest BCUT2D eigenvalue weighted by molar-refractivity contribution is 0.144. The Morgan fingerprint density at radius 2 is 1.81 bits per heavy atom. The quantitative estimate of drug-likeness (QED) is 0.856. The molecule has 2 heteroatoms. The lowest BCUT2D eigenvalue weighted by Gasteiger charge is -2.37. The molecule has 0 amide bonds. The van der Waals surface area contributed by atoms with Gasteiger partial charge in [0, 0.05) is 18.1 Å². The molecule has 3 rings (SSSR count). The van der Waals surface area contributed by atoms with Gasteiger partial charge in [0.2, 0.25) is 0 Å². The molecule has 2 aliphatic rings. The van der Waals surface area contributed by atoms with Crippen LogP contribution in [0, 0.1) is 0 Å². The van der Waals surface area contributed by atoms with E-state index in [2.05, 4.69) is 54.4 Å². The monoisotopic (exact) mass is 286 g/mol. The van der Waals surface area contributed by atoms with E-state index in [0.717, 1.165) is 18.1 Å². The highest BCUT2D eigenvalue weighted by molar-refractivity contribution is 5.18. The summed E-state index contributed by atoms with van der Waals surface area (Å²) in [5.41, 5.74) is 1.49. The van der Waals surface area contributed by atoms with Crippen molar-refractivity contribution in [3.63, 3.8) is 0 Å². The zero-order valence-corrected chi connectivity index (χ0v) is 13.6. The van der Waals surface area contributed by atoms with Gasteiger partial charge in [-0.2, -0.15) is 0 Å². The average molecular weight is 286 g/mol. The van der Waals surface area contributed by atoms with Gasteiger partial charge in [-0.3, -0.25) is 0 Å². The van der Waals surface area contributed by atoms with Crippen molar-refractivity contribution in [3.8, 4) is 0 Å². The number of fused-ring (bicyclic) bond motifs is 2. The molecule has 2 nitrogen and oxygen atoms in total. The molecule has 0 aromatic heterocycles. The predicted octanol–water partition coefficient (Wildman–Crippen LogP) is 3.79. The first-order chi connectivity index (χ1) is 10.3. The van der Waals surface area contributed by atoms with Crippen LogP contribution in [0.2, 0.25) is 0 Å². The van der Waals surface area contributed by atoms with Gasteiger partial charge in [0.15, 0.2) is 0 Å². The summed E-state index contributed by atoms with van der Waals surface area (Å²) in [6.45, 7) is 7.15. The van der Waals surface area contributed by atoms with Crippen LogP contribution < -0.4 is 5.32 Å². The average Bonchev–Trinajstić information content (AvgIpc) is 2.87. The third-order valence-corrected chi connectivity index (χ3v) is 5.59. The van der Waals surface area contributed by atoms with E-state index in [1.807, 2.05) is 0 Å². The van der Waals surface area contributed by atoms with E-state index in [-0.39, 0.29) is 0 Å². The second kappa shape index (κ2) is 6.93. The molecule has 21 heavy (non-hydrogen) atoms. The SMILES string of the molecule is CCN(CCC(C)c1ccccc1)C1CC2CCC(C1)N2. The maximum Gasteiger partial charge on any atom is 0.0125 e. The van der Waals surface area contributed by atoms with E-state index in [1.54, 1.807) is 0 Å². The minimum absolute atomic E-state index is 0.665. The first-order valence-corrected chi connectivity index (χ1v) is 8.81. The van der Waals surface area contributed by atoms with Crippen molar-refractivity contribution in [2.45, 2.75) is 70.0 Å². The lowest BCUT2D eigenvalue weighted by Crippen LogP contribution is -2.48. The number of hydrogen-bond donors (Lipinski definition) is 1. The van der Waals surface area contributed by atoms with Crippen LogP contribution in [0.25, 0.3) is 0 Å². The molecule has 2 aliphatic heterocycles. The van der Waals surface area contributed by atoms with Crippen LogP contribution in [0.1, 0.15) is 57.4 Å². The van der Waals surface area contributed by atoms with E-state index in [0.29, 0.717) is 5.92 Å². The summed E-state index contributed by atoms with van der Waals surface area (Å²) in [5, 5.41) is 3.76. The van der Waals surface area contributed by atoms with Gasteiger partial charge in [0.25, 0.3) is 0 Å². The van der Waals surface area contributed by atoms with Gasteiger partial charge in [-0.15, -0.1) is 0 Å². The fourth-order valence-corrected chi connectivity index (χ4v) is 4.23. The summed E-state index contributed by atoms with van der Waals surface area (Å²) in [6, 6.07) is 13.4. The molecule has 2 bridgehead atoms. The summed E-state index contributed by atoms with van der Waals surface area (Å²) >= 11 is 0. The highest BCUT2D eigenvalue weighted by Gasteiger charge is 2.35. The van der Waals surface area contributed by atoms with Gasteiger partial charge in [-0.1, -0.05) is 44.2 Å². The van der Waals surface area contributed by atoms with Gasteiger partial charge < -0.3 is 10.2 Å². The Kier molecular flexibility index (Phi) is 4.97. The highest BCUT2D eigenvalue weighted by Crippen LogP contribution is 2.30. The van der Waals surface area contributed by atoms with Crippen LogP contribution in [0.15, 0.2) is 30.3 Å². The molecule has 0 spiro atoms. The van der Waals surface area contributed by atoms with Gasteiger partial charge in [-0.25, -0.2) is 0 Å². The second-order valence-corrected chi connectivity index (χ2v) is 6.99. The van der Waals surface area contributed by atoms with Crippen molar-refractivity contribution < 1.29 is 0 Å². The third kappa shape index (κ3) is 3.67. The Labute approximate surface area is 129 Å². The van der Waals surface area contributed by atoms with E-state index >= 15 is 0 Å². The number of rotatable bonds is 6. The summed E-state index contributed by atoms with van der Waals surface area (Å²) < 4.78 is 0. The number of hydrogen-bond acceptors (Lipinski definition) is 2. The van der Waals surface area contributed by atoms with Gasteiger partial charge in [0.1, 0.15) is 0 Å². The Balaban J connectivity index is 1.53. The van der Waals surface area contributed by atoms with Crippen molar-refractivity contribution in [2.75, 3.05) is 13.1 Å². The highest BCUT2D eigenvalue weighted by atomic mass is 15.2. The number of piperidine rings is 1. The molecule has 2 saturated heterocycles. The Hall–Kier alpha value is -0.860. The fraction of sp³-hybridized carbons (Fsp3) is 0.684. The molecule has 0 aliphatic carbocycles. The van der Waals surface area contributed by atoms with Gasteiger partial charge in [-0.05, 0) is 56.7 Å². The van der Waals surface area contributed by atoms with E-state index in [4.69, 9.17) is 0 Å². The van der Waals surface area contributed by atoms with Crippen LogP contribution >= 0.6 is 0 Å². The summed E-state index contributed by atoms with van der Waals surface area (Å²) in [7, 11) is 0. The molecule has 3 atom stereocenters. The topological polar surface area (TPSA) is 15.3 Å². The van der Waals surface area contributed by atoms with E-state index in [1.165, 1.54) is 50.8 Å². The third-order valence-electron chi connectivity index (χ3n) is 5.59. The minimum atomic E-state index is 0.665. The Bertz CT molecular complexity index is 418. The van der Waals surface area contributed by atoms with Crippen LogP contribution in [0.5, 0.6) is 0 Å². The summed E-state index contributed by atoms with van der Waals surface area (Å²) in [5.74, 6) is 0.665. The van der Waals surface area contributed by atoms with Crippen molar-refractivity contribution >= 4 is 0 Å². The van der Waals surface area contributed by atoms with Crippen LogP contribution in [-0.4, -0.2) is 36.1 Å². The molecule has 3 unspecified atom stereocenters. The lowest BCUT2D eigenvalue weighted by atomic mass is 9.95. The molecule has 0 saturated carbocycles. The van der Waals surface area contributed by atoms with E-state index < -0.39 is 0 Å². The molecule has 1 aromatic rings. The van der Waals surface area contributed by atoms with E-state index in [9.17, 15) is 0 Å². The molecular weight excluding hydrogens is 256 g/mol. The molecule has 116 valence electrons. The summed E-state index contributed by atoms with van der Waals surface area (Å²) in [6.07, 6.45) is 6.81. The van der Waals surface area contributed by atoms with Crippen molar-refractivity contribution in [1.82, 2.24) is 10.2 Å². The first-order valence-electron chi connectivity index (χ1n) is 8.81. The molecule has 2 heterocycles. The van der Waals surface area contributed by atoms with Crippen molar-refractivity contribution in [3.05, 3.63) is 35.9 Å². The predicted molar refractivity (Wildman–Crippen MR) is 89.7 cm³/mol. The molecule has 1 aromatic carbocycles. The number of benzene rings is 1. The Morgan fingerprint density at radius 3 is 2.43 bits per heavy atom. The maximum atomic E-state index is 3.76. The fourth-order valence-electron chi connectivity index (χ4n) is 4.23. The number of nitrogens with zero attached hydrogens (tertiary/aromatic N) is 1. The van der Waals surface area contributed by atoms with Crippen LogP contribution in [0.3, 0.4) is 0 Å². The van der Waals surface area contributed by atoms with Crippen LogP contribution in [0.4, 0.5) is 0 Å². The molecular formula is C19H30N2. The minimum Gasteiger partial charge on any atom is -0.311 e. The van der Waals surface area contributed by atoms with Crippen LogP contribution in [-0.2, 0) is 0 Å². The largest absolute Gasteiger partial charge is 0.311 e. The van der Waals surface area contributed by atoms with Crippen molar-refractivity contribution in [1.29, 1.82) is 0 Å². The van der Waals surface area contributed by atoms with Gasteiger partial charge >= 0.3 is 0 Å². The number of nitrogens with one attached hydrogen (secondary N) is 1. The maximum absolute atomic E-state index is 3.76. The molecule has 1 N–H and O–H groups in total. The van der Waals surface area contributed by atoms with Gasteiger partial charge in [0.05, 0.1) is 0 Å². The standard InChI is InChI=1S/C19H30N2/c1-3-21(19-13-17-9-10-18(14-19)20-17)12-11-15(2)16-7-5-4-6-8-16/h4-8,15,17-20H,3,9-14H2,1-2H3. The molecule has 0 radical (unpaired) electrons. The zero-order valence-electron chi connectivity index (χ0n) is 13.6. The normalized spacial score (nSPS) is 29.8. The first kappa shape index (κ1) is 15.1. The zero-order chi connectivity index (χ0) is 14.7. The van der Waals surface area contributed by atoms with Crippen molar-refractivity contribution in [2.24, 2.45) is 0 Å². The molecule has 2 fully saturated rings. The second-order valence-electron chi connectivity index (χ2n) is 6.99.